The molecule has 0 N–H and O–H groups in total. The Morgan fingerprint density at radius 2 is 0.840 bits per heavy atom. The van der Waals surface area contributed by atoms with Crippen molar-refractivity contribution in [1.82, 2.24) is 0 Å². The van der Waals surface area contributed by atoms with Crippen LogP contribution in [-0.2, 0) is 16.5 Å². The van der Waals surface area contributed by atoms with Gasteiger partial charge in [-0.05, 0) is 12.1 Å². The van der Waals surface area contributed by atoms with Gasteiger partial charge in [0.1, 0.15) is 0 Å². The van der Waals surface area contributed by atoms with Gasteiger partial charge in [0.25, 0.3) is 0 Å². The Balaban J connectivity index is -0.000000372. The Bertz CT molecular complexity index is 285. The first-order valence-corrected chi connectivity index (χ1v) is 7.32. The van der Waals surface area contributed by atoms with Crippen LogP contribution in [0.5, 0.6) is 0 Å². The van der Waals surface area contributed by atoms with Crippen molar-refractivity contribution in [2.24, 2.45) is 0 Å². The second-order valence-corrected chi connectivity index (χ2v) is 5.32. The Morgan fingerprint density at radius 1 is 0.600 bits per heavy atom. The van der Waals surface area contributed by atoms with E-state index in [2.05, 4.69) is 21.3 Å². The van der Waals surface area contributed by atoms with Crippen LogP contribution in [0.25, 0.3) is 21.3 Å². The smallest absolute Gasteiger partial charge is 0.373 e. The molecule has 0 amide bonds. The van der Waals surface area contributed by atoms with Gasteiger partial charge >= 0.3 is 12.4 Å². The van der Waals surface area contributed by atoms with Gasteiger partial charge in [-0.25, -0.2) is 0 Å². The molecular formula is C14H26F6N4Ni-4. The minimum atomic E-state index is -4.23. The molecule has 0 saturated carbocycles. The fourth-order valence-corrected chi connectivity index (χ4v) is 1.63. The molecule has 25 heavy (non-hydrogen) atoms. The van der Waals surface area contributed by atoms with Gasteiger partial charge in [0.15, 0.2) is 0 Å². The first-order valence-electron chi connectivity index (χ1n) is 7.32. The van der Waals surface area contributed by atoms with Crippen LogP contribution < -0.4 is 0 Å². The van der Waals surface area contributed by atoms with Crippen molar-refractivity contribution in [3.63, 3.8) is 0 Å². The van der Waals surface area contributed by atoms with E-state index in [0.29, 0.717) is 0 Å². The normalized spacial score (nSPS) is 16.8. The minimum Gasteiger partial charge on any atom is -0.663 e. The van der Waals surface area contributed by atoms with Crippen molar-refractivity contribution >= 4 is 0 Å². The van der Waals surface area contributed by atoms with Gasteiger partial charge in [0.05, 0.1) is 0 Å². The fourth-order valence-electron chi connectivity index (χ4n) is 1.63. The van der Waals surface area contributed by atoms with Crippen molar-refractivity contribution in [2.75, 3.05) is 28.2 Å². The number of hydrogen-bond donors (Lipinski definition) is 0. The maximum absolute atomic E-state index is 12.1. The quantitative estimate of drug-likeness (QED) is 0.371. The first kappa shape index (κ1) is 29.7. The molecular weight excluding hydrogens is 397 g/mol. The predicted octanol–water partition coefficient (Wildman–Crippen LogP) is 5.40. The van der Waals surface area contributed by atoms with Crippen LogP contribution in [0.3, 0.4) is 0 Å². The molecule has 4 atom stereocenters. The topological polar surface area (TPSA) is 56.4 Å². The number of nitrogens with zero attached hydrogens (tertiary/aromatic N) is 4. The summed E-state index contributed by atoms with van der Waals surface area (Å²) in [5, 5.41) is 14.0. The van der Waals surface area contributed by atoms with Crippen LogP contribution in [0, 0.1) is 0 Å². The third-order valence-electron chi connectivity index (χ3n) is 3.39. The zero-order valence-electron chi connectivity index (χ0n) is 15.1. The van der Waals surface area contributed by atoms with E-state index in [0.717, 1.165) is 0 Å². The number of halogens is 6. The van der Waals surface area contributed by atoms with Crippen LogP contribution in [0.4, 0.5) is 26.3 Å². The van der Waals surface area contributed by atoms with Crippen molar-refractivity contribution in [1.29, 1.82) is 0 Å². The van der Waals surface area contributed by atoms with Crippen molar-refractivity contribution < 1.29 is 42.8 Å². The molecule has 0 aliphatic heterocycles. The van der Waals surface area contributed by atoms with E-state index in [1.807, 2.05) is 0 Å². The van der Waals surface area contributed by atoms with E-state index in [9.17, 15) is 26.3 Å². The van der Waals surface area contributed by atoms with Gasteiger partial charge < -0.3 is 21.3 Å². The Kier molecular flexibility index (Phi) is 16.7. The largest absolute Gasteiger partial charge is 0.663 e. The SMILES string of the molecule is C[N-]C(C)CC([N-]C)C(F)(F)F.C[N-]C(C)CC([N-]C)C(F)(F)F.[Ni]. The van der Waals surface area contributed by atoms with Gasteiger partial charge in [-0.3, -0.25) is 0 Å². The van der Waals surface area contributed by atoms with Crippen molar-refractivity contribution in [3.8, 4) is 0 Å². The molecule has 0 saturated heterocycles. The monoisotopic (exact) mass is 422 g/mol. The molecule has 0 aliphatic carbocycles. The predicted molar refractivity (Wildman–Crippen MR) is 85.0 cm³/mol. The van der Waals surface area contributed by atoms with Gasteiger partial charge in [0.2, 0.25) is 0 Å². The zero-order chi connectivity index (χ0) is 19.6. The summed E-state index contributed by atoms with van der Waals surface area (Å²) in [5.41, 5.74) is 0. The van der Waals surface area contributed by atoms with Gasteiger partial charge in [-0.1, -0.05) is 26.7 Å². The molecule has 158 valence electrons. The number of rotatable bonds is 8. The molecule has 0 bridgehead atoms. The number of hydrogen-bond acceptors (Lipinski definition) is 0. The number of alkyl halides is 6. The average molecular weight is 423 g/mol. The molecule has 0 aromatic rings. The maximum atomic E-state index is 12.1. The zero-order valence-corrected chi connectivity index (χ0v) is 16.1. The average Bonchev–Trinajstić information content (AvgIpc) is 2.47. The maximum Gasteiger partial charge on any atom is 0.373 e. The minimum absolute atomic E-state index is 0. The third-order valence-corrected chi connectivity index (χ3v) is 3.39. The summed E-state index contributed by atoms with van der Waals surface area (Å²) in [7, 11) is 5.38. The Morgan fingerprint density at radius 3 is 0.960 bits per heavy atom. The van der Waals surface area contributed by atoms with E-state index in [4.69, 9.17) is 0 Å². The molecule has 4 nitrogen and oxygen atoms in total. The molecule has 0 heterocycles. The van der Waals surface area contributed by atoms with Crippen LogP contribution in [0.15, 0.2) is 0 Å². The summed E-state index contributed by atoms with van der Waals surface area (Å²) in [6.07, 6.45) is -8.57. The second kappa shape index (κ2) is 14.0. The molecule has 4 unspecified atom stereocenters. The first-order chi connectivity index (χ1) is 10.8. The molecule has 0 fully saturated rings. The Labute approximate surface area is 156 Å². The van der Waals surface area contributed by atoms with E-state index in [1.165, 1.54) is 28.2 Å². The van der Waals surface area contributed by atoms with Gasteiger partial charge in [0, 0.05) is 16.5 Å². The molecule has 0 radical (unpaired) electrons. The van der Waals surface area contributed by atoms with Crippen LogP contribution in [0.1, 0.15) is 26.7 Å². The van der Waals surface area contributed by atoms with E-state index >= 15 is 0 Å². The summed E-state index contributed by atoms with van der Waals surface area (Å²) in [6, 6.07) is -3.73. The van der Waals surface area contributed by atoms with Gasteiger partial charge in [-0.2, -0.15) is 54.5 Å². The van der Waals surface area contributed by atoms with Crippen molar-refractivity contribution in [3.05, 3.63) is 21.3 Å². The molecule has 0 rings (SSSR count). The van der Waals surface area contributed by atoms with Crippen LogP contribution in [0.2, 0.25) is 0 Å². The van der Waals surface area contributed by atoms with E-state index < -0.39 is 24.4 Å². The fraction of sp³-hybridized carbons (Fsp3) is 1.00. The Hall–Kier alpha value is -0.0865. The van der Waals surface area contributed by atoms with Crippen LogP contribution >= 0.6 is 0 Å². The summed E-state index contributed by atoms with van der Waals surface area (Å²) >= 11 is 0. The molecule has 0 aromatic heterocycles. The second-order valence-electron chi connectivity index (χ2n) is 5.32. The molecule has 0 aliphatic rings. The third kappa shape index (κ3) is 14.7. The summed E-state index contributed by atoms with van der Waals surface area (Å²) < 4.78 is 72.5. The molecule has 0 spiro atoms. The standard InChI is InChI=1S/2C7H13F3N2.Ni/c2*1-5(11-2)4-6(12-3)7(8,9)10;/h2*5-6H,4H2,1-3H3;/q2*-2;. The summed E-state index contributed by atoms with van der Waals surface area (Å²) in [5.74, 6) is 0. The van der Waals surface area contributed by atoms with Crippen molar-refractivity contribution in [2.45, 2.75) is 63.2 Å². The molecule has 0 aromatic carbocycles. The van der Waals surface area contributed by atoms with Gasteiger partial charge in [-0.15, -0.1) is 12.1 Å². The van der Waals surface area contributed by atoms with E-state index in [-0.39, 0.29) is 41.4 Å². The summed E-state index contributed by atoms with van der Waals surface area (Å²) in [4.78, 5) is 0. The molecule has 11 heteroatoms. The summed E-state index contributed by atoms with van der Waals surface area (Å²) in [6.45, 7) is 3.29. The van der Waals surface area contributed by atoms with Crippen LogP contribution in [-0.4, -0.2) is 64.7 Å². The van der Waals surface area contributed by atoms with E-state index in [1.54, 1.807) is 13.8 Å².